The predicted molar refractivity (Wildman–Crippen MR) is 102 cm³/mol. The van der Waals surface area contributed by atoms with Crippen molar-refractivity contribution in [3.8, 4) is 0 Å². The van der Waals surface area contributed by atoms with Crippen LogP contribution in [0.3, 0.4) is 0 Å². The number of fused-ring (bicyclic) bond motifs is 1. The van der Waals surface area contributed by atoms with Crippen molar-refractivity contribution in [2.45, 2.75) is 13.3 Å². The molecule has 0 atom stereocenters. The number of H-pyrrole nitrogens is 1. The first-order chi connectivity index (χ1) is 13.5. The zero-order valence-corrected chi connectivity index (χ0v) is 15.0. The van der Waals surface area contributed by atoms with Crippen LogP contribution in [-0.2, 0) is 20.7 Å². The molecule has 0 bridgehead atoms. The fraction of sp³-hybridized carbons (Fsp3) is 0.150. The number of amides is 1. The third-order valence-corrected chi connectivity index (χ3v) is 4.03. The summed E-state index contributed by atoms with van der Waals surface area (Å²) in [6, 6.07) is 13.3. The Morgan fingerprint density at radius 2 is 1.71 bits per heavy atom. The Kier molecular flexibility index (Phi) is 5.59. The van der Waals surface area contributed by atoms with Crippen LogP contribution >= 0.6 is 0 Å². The molecule has 0 spiro atoms. The van der Waals surface area contributed by atoms with Crippen molar-refractivity contribution in [2.24, 2.45) is 0 Å². The lowest BCUT2D eigenvalue weighted by molar-refractivity contribution is -0.146. The molecule has 1 heterocycles. The Balaban J connectivity index is 1.62. The molecule has 142 valence electrons. The molecule has 0 unspecified atom stereocenters. The van der Waals surface area contributed by atoms with Crippen LogP contribution in [0.2, 0.25) is 0 Å². The molecule has 0 aliphatic rings. The summed E-state index contributed by atoms with van der Waals surface area (Å²) in [5.41, 5.74) is 0.717. The molecule has 0 aliphatic carbocycles. The SMILES string of the molecule is CC(=O)c1ccccc1NC(=O)COC(=O)Cc1n[nH]c(=O)c2ccccc12. The summed E-state index contributed by atoms with van der Waals surface area (Å²) in [5, 5.41) is 9.74. The summed E-state index contributed by atoms with van der Waals surface area (Å²) < 4.78 is 4.99. The molecule has 28 heavy (non-hydrogen) atoms. The van der Waals surface area contributed by atoms with Crippen LogP contribution in [0.4, 0.5) is 5.69 Å². The smallest absolute Gasteiger partial charge is 0.312 e. The van der Waals surface area contributed by atoms with E-state index in [4.69, 9.17) is 4.74 Å². The van der Waals surface area contributed by atoms with Crippen molar-refractivity contribution in [1.29, 1.82) is 0 Å². The van der Waals surface area contributed by atoms with Gasteiger partial charge in [-0.1, -0.05) is 30.3 Å². The number of rotatable bonds is 6. The van der Waals surface area contributed by atoms with Crippen molar-refractivity contribution < 1.29 is 19.1 Å². The number of nitrogens with one attached hydrogen (secondary N) is 2. The second kappa shape index (κ2) is 8.26. The molecular weight excluding hydrogens is 362 g/mol. The quantitative estimate of drug-likeness (QED) is 0.498. The van der Waals surface area contributed by atoms with Crippen molar-refractivity contribution >= 4 is 34.1 Å². The lowest BCUT2D eigenvalue weighted by atomic mass is 10.1. The van der Waals surface area contributed by atoms with Gasteiger partial charge >= 0.3 is 5.97 Å². The highest BCUT2D eigenvalue weighted by Gasteiger charge is 2.14. The molecule has 1 aromatic heterocycles. The summed E-state index contributed by atoms with van der Waals surface area (Å²) >= 11 is 0. The molecular formula is C20H17N3O5. The first kappa shape index (κ1) is 19.0. The average Bonchev–Trinajstić information content (AvgIpc) is 2.69. The van der Waals surface area contributed by atoms with E-state index in [1.54, 1.807) is 48.5 Å². The van der Waals surface area contributed by atoms with E-state index in [1.807, 2.05) is 0 Å². The summed E-state index contributed by atoms with van der Waals surface area (Å²) in [5.74, 6) is -1.43. The number of anilines is 1. The molecule has 0 fully saturated rings. The number of ketones is 1. The van der Waals surface area contributed by atoms with Gasteiger partial charge in [0.25, 0.3) is 11.5 Å². The Morgan fingerprint density at radius 3 is 2.46 bits per heavy atom. The minimum Gasteiger partial charge on any atom is -0.455 e. The van der Waals surface area contributed by atoms with Crippen LogP contribution < -0.4 is 10.9 Å². The Bertz CT molecular complexity index is 1120. The normalized spacial score (nSPS) is 10.5. The number of carbonyl (C=O) groups excluding carboxylic acids is 3. The van der Waals surface area contributed by atoms with E-state index in [0.717, 1.165) is 0 Å². The zero-order valence-electron chi connectivity index (χ0n) is 15.0. The van der Waals surface area contributed by atoms with E-state index in [2.05, 4.69) is 15.5 Å². The summed E-state index contributed by atoms with van der Waals surface area (Å²) in [7, 11) is 0. The Morgan fingerprint density at radius 1 is 1.04 bits per heavy atom. The van der Waals surface area contributed by atoms with E-state index < -0.39 is 18.5 Å². The first-order valence-corrected chi connectivity index (χ1v) is 8.47. The molecule has 0 radical (unpaired) electrons. The molecule has 3 rings (SSSR count). The number of para-hydroxylation sites is 1. The average molecular weight is 379 g/mol. The molecule has 0 aliphatic heterocycles. The Hall–Kier alpha value is -3.81. The summed E-state index contributed by atoms with van der Waals surface area (Å²) in [6.45, 7) is 0.888. The number of aromatic nitrogens is 2. The summed E-state index contributed by atoms with van der Waals surface area (Å²) in [4.78, 5) is 47.5. The molecule has 8 nitrogen and oxygen atoms in total. The fourth-order valence-electron chi connectivity index (χ4n) is 2.73. The van der Waals surface area contributed by atoms with Gasteiger partial charge in [0, 0.05) is 10.9 Å². The predicted octanol–water partition coefficient (Wildman–Crippen LogP) is 1.85. The number of hydrogen-bond acceptors (Lipinski definition) is 6. The van der Waals surface area contributed by atoms with Crippen molar-refractivity contribution in [2.75, 3.05) is 11.9 Å². The van der Waals surface area contributed by atoms with Gasteiger partial charge in [-0.15, -0.1) is 0 Å². The second-order valence-electron chi connectivity index (χ2n) is 6.03. The Labute approximate surface area is 159 Å². The topological polar surface area (TPSA) is 118 Å². The van der Waals surface area contributed by atoms with Gasteiger partial charge in [0.1, 0.15) is 0 Å². The van der Waals surface area contributed by atoms with Gasteiger partial charge in [0.05, 0.1) is 23.2 Å². The van der Waals surface area contributed by atoms with Crippen molar-refractivity contribution in [3.05, 3.63) is 70.1 Å². The fourth-order valence-corrected chi connectivity index (χ4v) is 2.73. The molecule has 0 saturated carbocycles. The van der Waals surface area contributed by atoms with Crippen LogP contribution in [0.25, 0.3) is 10.8 Å². The largest absolute Gasteiger partial charge is 0.455 e. The number of ether oxygens (including phenoxy) is 1. The van der Waals surface area contributed by atoms with E-state index in [9.17, 15) is 19.2 Å². The monoisotopic (exact) mass is 379 g/mol. The highest BCUT2D eigenvalue weighted by Crippen LogP contribution is 2.16. The standard InChI is InChI=1S/C20H17N3O5/c1-12(24)13-6-4-5-9-16(13)21-18(25)11-28-19(26)10-17-14-7-2-3-8-15(14)20(27)23-22-17/h2-9H,10-11H2,1H3,(H,21,25)(H,23,27). The van der Waals surface area contributed by atoms with Gasteiger partial charge in [-0.05, 0) is 25.1 Å². The lowest BCUT2D eigenvalue weighted by Crippen LogP contribution is -2.23. The number of Topliss-reactive ketones (excluding diaryl/α,β-unsaturated/α-hetero) is 1. The number of aromatic amines is 1. The van der Waals surface area contributed by atoms with E-state index in [1.165, 1.54) is 6.92 Å². The van der Waals surface area contributed by atoms with Crippen LogP contribution in [0.5, 0.6) is 0 Å². The number of benzene rings is 2. The van der Waals surface area contributed by atoms with Crippen LogP contribution in [-0.4, -0.2) is 34.5 Å². The van der Waals surface area contributed by atoms with Crippen molar-refractivity contribution in [3.63, 3.8) is 0 Å². The maximum atomic E-state index is 12.1. The van der Waals surface area contributed by atoms with Gasteiger partial charge in [-0.25, -0.2) is 5.10 Å². The van der Waals surface area contributed by atoms with Gasteiger partial charge < -0.3 is 10.1 Å². The van der Waals surface area contributed by atoms with Gasteiger partial charge in [0.15, 0.2) is 12.4 Å². The lowest BCUT2D eigenvalue weighted by Gasteiger charge is -2.09. The molecule has 2 aromatic carbocycles. The number of hydrogen-bond donors (Lipinski definition) is 2. The molecule has 1 amide bonds. The maximum Gasteiger partial charge on any atom is 0.312 e. The molecule has 2 N–H and O–H groups in total. The van der Waals surface area contributed by atoms with Crippen LogP contribution in [0.15, 0.2) is 53.3 Å². The highest BCUT2D eigenvalue weighted by molar-refractivity contribution is 6.04. The zero-order chi connectivity index (χ0) is 20.1. The first-order valence-electron chi connectivity index (χ1n) is 8.47. The summed E-state index contributed by atoms with van der Waals surface area (Å²) in [6.07, 6.45) is -0.200. The number of nitrogens with zero attached hydrogens (tertiary/aromatic N) is 1. The molecule has 3 aromatic rings. The second-order valence-corrected chi connectivity index (χ2v) is 6.03. The van der Waals surface area contributed by atoms with Gasteiger partial charge in [-0.3, -0.25) is 19.2 Å². The van der Waals surface area contributed by atoms with E-state index in [0.29, 0.717) is 27.7 Å². The van der Waals surface area contributed by atoms with Crippen LogP contribution in [0, 0.1) is 0 Å². The third kappa shape index (κ3) is 4.29. The van der Waals surface area contributed by atoms with Gasteiger partial charge in [0.2, 0.25) is 0 Å². The minimum atomic E-state index is -0.667. The molecule has 8 heteroatoms. The van der Waals surface area contributed by atoms with E-state index >= 15 is 0 Å². The maximum absolute atomic E-state index is 12.1. The minimum absolute atomic E-state index is 0.191. The van der Waals surface area contributed by atoms with Gasteiger partial charge in [-0.2, -0.15) is 5.10 Å². The highest BCUT2D eigenvalue weighted by atomic mass is 16.5. The number of esters is 1. The van der Waals surface area contributed by atoms with Crippen LogP contribution in [0.1, 0.15) is 23.0 Å². The number of carbonyl (C=O) groups is 3. The van der Waals surface area contributed by atoms with Crippen molar-refractivity contribution in [1.82, 2.24) is 10.2 Å². The third-order valence-electron chi connectivity index (χ3n) is 4.03. The van der Waals surface area contributed by atoms with E-state index in [-0.39, 0.29) is 17.8 Å². The molecule has 0 saturated heterocycles.